The van der Waals surface area contributed by atoms with Crippen LogP contribution in [-0.2, 0) is 5.41 Å². The van der Waals surface area contributed by atoms with Crippen molar-refractivity contribution in [2.24, 2.45) is 0 Å². The van der Waals surface area contributed by atoms with E-state index < -0.39 is 0 Å². The van der Waals surface area contributed by atoms with E-state index in [4.69, 9.17) is 4.74 Å². The monoisotopic (exact) mass is 446 g/mol. The van der Waals surface area contributed by atoms with E-state index in [2.05, 4.69) is 54.2 Å². The van der Waals surface area contributed by atoms with Crippen LogP contribution < -0.4 is 15.0 Å². The van der Waals surface area contributed by atoms with Gasteiger partial charge in [-0.15, -0.1) is 0 Å². The number of hydrogen-bond donors (Lipinski definition) is 1. The second-order valence-electron chi connectivity index (χ2n) is 7.91. The third kappa shape index (κ3) is 6.26. The normalized spacial score (nSPS) is 11.2. The molecular weight excluding hydrogens is 416 g/mol. The molecule has 0 saturated heterocycles. The van der Waals surface area contributed by atoms with Crippen LogP contribution in [0.4, 0.5) is 10.5 Å². The third-order valence-corrected chi connectivity index (χ3v) is 5.15. The summed E-state index contributed by atoms with van der Waals surface area (Å²) in [5.41, 5.74) is 3.42. The van der Waals surface area contributed by atoms with Crippen molar-refractivity contribution in [3.05, 3.63) is 58.1 Å². The Bertz CT molecular complexity index is 799. The van der Waals surface area contributed by atoms with Crippen LogP contribution >= 0.6 is 15.9 Å². The van der Waals surface area contributed by atoms with Crippen molar-refractivity contribution in [3.8, 4) is 5.75 Å². The first-order valence-electron chi connectivity index (χ1n) is 9.77. The Balaban J connectivity index is 1.80. The van der Waals surface area contributed by atoms with Crippen molar-refractivity contribution >= 4 is 27.6 Å². The van der Waals surface area contributed by atoms with Gasteiger partial charge < -0.3 is 10.1 Å². The van der Waals surface area contributed by atoms with E-state index in [1.165, 1.54) is 5.56 Å². The lowest BCUT2D eigenvalue weighted by molar-refractivity contribution is 0.244. The summed E-state index contributed by atoms with van der Waals surface area (Å²) in [6.45, 7) is 12.3. The fraction of sp³-hybridized carbons (Fsp3) is 0.435. The standard InChI is InChI=1S/C23H31BrN2O2/c1-6-26(19-10-7-9-17(2)15-19)22(27)25-13-8-14-28-21-12-11-18(16-20(21)24)23(3,4)5/h7,9-12,15-16H,6,8,13-14H2,1-5H3,(H,25,27). The SMILES string of the molecule is CCN(C(=O)NCCCOc1ccc(C(C)(C)C)cc1Br)c1cccc(C)c1. The van der Waals surface area contributed by atoms with E-state index in [0.29, 0.717) is 19.7 Å². The van der Waals surface area contributed by atoms with E-state index in [1.54, 1.807) is 4.90 Å². The number of anilines is 1. The van der Waals surface area contributed by atoms with E-state index in [1.807, 2.05) is 44.2 Å². The zero-order valence-electron chi connectivity index (χ0n) is 17.5. The summed E-state index contributed by atoms with van der Waals surface area (Å²) in [5.74, 6) is 0.828. The number of nitrogens with zero attached hydrogens (tertiary/aromatic N) is 1. The summed E-state index contributed by atoms with van der Waals surface area (Å²) in [6.07, 6.45) is 0.741. The van der Waals surface area contributed by atoms with Crippen LogP contribution in [0.5, 0.6) is 5.75 Å². The molecule has 152 valence electrons. The van der Waals surface area contributed by atoms with Gasteiger partial charge in [-0.05, 0) is 77.0 Å². The van der Waals surface area contributed by atoms with Crippen LogP contribution in [0.2, 0.25) is 0 Å². The number of aryl methyl sites for hydroxylation is 1. The zero-order chi connectivity index (χ0) is 20.7. The number of hydrogen-bond acceptors (Lipinski definition) is 2. The Hall–Kier alpha value is -2.01. The maximum absolute atomic E-state index is 12.5. The number of amides is 2. The second-order valence-corrected chi connectivity index (χ2v) is 8.77. The van der Waals surface area contributed by atoms with Gasteiger partial charge in [0.2, 0.25) is 0 Å². The van der Waals surface area contributed by atoms with Gasteiger partial charge in [0.25, 0.3) is 0 Å². The predicted molar refractivity (Wildman–Crippen MR) is 121 cm³/mol. The molecule has 0 unspecified atom stereocenters. The van der Waals surface area contributed by atoms with Gasteiger partial charge in [-0.3, -0.25) is 4.90 Å². The number of ether oxygens (including phenoxy) is 1. The summed E-state index contributed by atoms with van der Waals surface area (Å²) in [7, 11) is 0. The lowest BCUT2D eigenvalue weighted by Gasteiger charge is -2.22. The topological polar surface area (TPSA) is 41.6 Å². The minimum absolute atomic E-state index is 0.0798. The molecule has 0 aliphatic carbocycles. The lowest BCUT2D eigenvalue weighted by Crippen LogP contribution is -2.40. The molecule has 0 bridgehead atoms. The van der Waals surface area contributed by atoms with Crippen LogP contribution in [0, 0.1) is 6.92 Å². The van der Waals surface area contributed by atoms with Crippen LogP contribution in [-0.4, -0.2) is 25.7 Å². The maximum atomic E-state index is 12.5. The Morgan fingerprint density at radius 1 is 1.18 bits per heavy atom. The van der Waals surface area contributed by atoms with Gasteiger partial charge in [0.15, 0.2) is 0 Å². The highest BCUT2D eigenvalue weighted by Gasteiger charge is 2.15. The van der Waals surface area contributed by atoms with Crippen LogP contribution in [0.3, 0.4) is 0 Å². The van der Waals surface area contributed by atoms with Crippen molar-refractivity contribution < 1.29 is 9.53 Å². The Morgan fingerprint density at radius 2 is 1.93 bits per heavy atom. The van der Waals surface area contributed by atoms with Crippen molar-refractivity contribution in [1.29, 1.82) is 0 Å². The second kappa shape index (κ2) is 9.97. The highest BCUT2D eigenvalue weighted by Crippen LogP contribution is 2.31. The first-order chi connectivity index (χ1) is 13.2. The van der Waals surface area contributed by atoms with Gasteiger partial charge in [0.05, 0.1) is 11.1 Å². The first kappa shape index (κ1) is 22.3. The number of rotatable bonds is 7. The van der Waals surface area contributed by atoms with Crippen molar-refractivity contribution in [1.82, 2.24) is 5.32 Å². The first-order valence-corrected chi connectivity index (χ1v) is 10.6. The quantitative estimate of drug-likeness (QED) is 0.525. The smallest absolute Gasteiger partial charge is 0.321 e. The molecule has 5 heteroatoms. The van der Waals surface area contributed by atoms with Gasteiger partial charge in [0, 0.05) is 18.8 Å². The van der Waals surface area contributed by atoms with E-state index in [9.17, 15) is 4.79 Å². The van der Waals surface area contributed by atoms with Crippen molar-refractivity contribution in [2.45, 2.75) is 46.5 Å². The lowest BCUT2D eigenvalue weighted by atomic mass is 9.87. The van der Waals surface area contributed by atoms with Gasteiger partial charge in [-0.2, -0.15) is 0 Å². The van der Waals surface area contributed by atoms with Gasteiger partial charge in [0.1, 0.15) is 5.75 Å². The molecule has 0 heterocycles. The average Bonchev–Trinajstić information content (AvgIpc) is 2.62. The molecule has 0 radical (unpaired) electrons. The number of benzene rings is 2. The summed E-state index contributed by atoms with van der Waals surface area (Å²) in [6, 6.07) is 14.1. The van der Waals surface area contributed by atoms with Gasteiger partial charge in [-0.25, -0.2) is 4.79 Å². The van der Waals surface area contributed by atoms with Crippen molar-refractivity contribution in [2.75, 3.05) is 24.6 Å². The van der Waals surface area contributed by atoms with Crippen LogP contribution in [0.15, 0.2) is 46.9 Å². The molecule has 0 spiro atoms. The summed E-state index contributed by atoms with van der Waals surface area (Å²) < 4.78 is 6.82. The molecule has 2 aromatic rings. The molecule has 28 heavy (non-hydrogen) atoms. The Kier molecular flexibility index (Phi) is 7.93. The number of urea groups is 1. The molecule has 4 nitrogen and oxygen atoms in total. The minimum Gasteiger partial charge on any atom is -0.492 e. The van der Waals surface area contributed by atoms with Crippen molar-refractivity contribution in [3.63, 3.8) is 0 Å². The molecule has 2 rings (SSSR count). The predicted octanol–water partition coefficient (Wildman–Crippen LogP) is 6.06. The zero-order valence-corrected chi connectivity index (χ0v) is 19.1. The minimum atomic E-state index is -0.0798. The Labute approximate surface area is 177 Å². The van der Waals surface area contributed by atoms with E-state index in [0.717, 1.165) is 27.9 Å². The largest absolute Gasteiger partial charge is 0.492 e. The fourth-order valence-corrected chi connectivity index (χ4v) is 3.36. The van der Waals surface area contributed by atoms with Gasteiger partial charge >= 0.3 is 6.03 Å². The maximum Gasteiger partial charge on any atom is 0.321 e. The molecule has 0 aliphatic rings. The van der Waals surface area contributed by atoms with E-state index in [-0.39, 0.29) is 11.4 Å². The highest BCUT2D eigenvalue weighted by atomic mass is 79.9. The van der Waals surface area contributed by atoms with Gasteiger partial charge in [-0.1, -0.05) is 39.0 Å². The number of halogens is 1. The summed E-state index contributed by atoms with van der Waals surface area (Å²) >= 11 is 3.59. The van der Waals surface area contributed by atoms with Crippen LogP contribution in [0.1, 0.15) is 45.2 Å². The number of nitrogens with one attached hydrogen (secondary N) is 1. The molecule has 0 atom stereocenters. The third-order valence-electron chi connectivity index (χ3n) is 4.53. The Morgan fingerprint density at radius 3 is 2.54 bits per heavy atom. The molecule has 0 aliphatic heterocycles. The number of carbonyl (C=O) groups is 1. The molecule has 0 saturated carbocycles. The average molecular weight is 447 g/mol. The number of carbonyl (C=O) groups excluding carboxylic acids is 1. The summed E-state index contributed by atoms with van der Waals surface area (Å²) in [4.78, 5) is 14.2. The van der Waals surface area contributed by atoms with Crippen LogP contribution in [0.25, 0.3) is 0 Å². The molecule has 1 N–H and O–H groups in total. The molecule has 2 aromatic carbocycles. The molecule has 2 amide bonds. The molecular formula is C23H31BrN2O2. The molecule has 0 aromatic heterocycles. The molecule has 0 fully saturated rings. The highest BCUT2D eigenvalue weighted by molar-refractivity contribution is 9.10. The fourth-order valence-electron chi connectivity index (χ4n) is 2.87. The summed E-state index contributed by atoms with van der Waals surface area (Å²) in [5, 5.41) is 2.98. The van der Waals surface area contributed by atoms with E-state index >= 15 is 0 Å².